The lowest BCUT2D eigenvalue weighted by Gasteiger charge is -2.11. The van der Waals surface area contributed by atoms with Gasteiger partial charge < -0.3 is 24.8 Å². The second kappa shape index (κ2) is 9.27. The number of pyridine rings is 1. The molecule has 1 amide bonds. The average Bonchev–Trinajstić information content (AvgIpc) is 2.74. The molecule has 0 aliphatic rings. The van der Waals surface area contributed by atoms with E-state index in [2.05, 4.69) is 15.6 Å². The van der Waals surface area contributed by atoms with Crippen LogP contribution in [0.1, 0.15) is 0 Å². The van der Waals surface area contributed by atoms with Crippen LogP contribution in [0, 0.1) is 0 Å². The van der Waals surface area contributed by atoms with Crippen molar-refractivity contribution in [1.82, 2.24) is 4.98 Å². The molecule has 0 saturated heterocycles. The zero-order valence-corrected chi connectivity index (χ0v) is 15.6. The molecular weight excluding hydrogens is 358 g/mol. The Morgan fingerprint density at radius 3 is 2.36 bits per heavy atom. The maximum atomic E-state index is 12.0. The summed E-state index contributed by atoms with van der Waals surface area (Å²) in [5.74, 6) is 2.08. The standard InChI is InChI=1S/C21H21N3O4/c1-26-18-10-8-15(12-19(18)27-2)23-16-9-11-20(22-13-16)24-21(25)14-28-17-6-4-3-5-7-17/h3-13,23H,14H2,1-2H3,(H,22,24,25). The first-order valence-electron chi connectivity index (χ1n) is 8.61. The number of carbonyl (C=O) groups excluding carboxylic acids is 1. The second-order valence-corrected chi connectivity index (χ2v) is 5.78. The first-order valence-corrected chi connectivity index (χ1v) is 8.61. The number of carbonyl (C=O) groups is 1. The topological polar surface area (TPSA) is 81.7 Å². The SMILES string of the molecule is COc1ccc(Nc2ccc(NC(=O)COc3ccccc3)nc2)cc1OC. The molecule has 0 saturated carbocycles. The number of hydrogen-bond donors (Lipinski definition) is 2. The van der Waals surface area contributed by atoms with Crippen LogP contribution in [0.2, 0.25) is 0 Å². The van der Waals surface area contributed by atoms with Crippen molar-refractivity contribution in [3.63, 3.8) is 0 Å². The van der Waals surface area contributed by atoms with Crippen LogP contribution in [0.4, 0.5) is 17.2 Å². The van der Waals surface area contributed by atoms with E-state index in [0.29, 0.717) is 23.1 Å². The van der Waals surface area contributed by atoms with Gasteiger partial charge in [-0.2, -0.15) is 0 Å². The van der Waals surface area contributed by atoms with Gasteiger partial charge in [-0.05, 0) is 36.4 Å². The third-order valence-corrected chi connectivity index (χ3v) is 3.82. The van der Waals surface area contributed by atoms with Gasteiger partial charge in [0, 0.05) is 11.8 Å². The van der Waals surface area contributed by atoms with Crippen molar-refractivity contribution in [2.75, 3.05) is 31.5 Å². The molecule has 0 atom stereocenters. The Bertz CT molecular complexity index is 915. The van der Waals surface area contributed by atoms with Crippen molar-refractivity contribution in [1.29, 1.82) is 0 Å². The number of nitrogens with zero attached hydrogens (tertiary/aromatic N) is 1. The van der Waals surface area contributed by atoms with E-state index < -0.39 is 0 Å². The number of methoxy groups -OCH3 is 2. The molecule has 0 bridgehead atoms. The summed E-state index contributed by atoms with van der Waals surface area (Å²) >= 11 is 0. The molecule has 0 unspecified atom stereocenters. The Morgan fingerprint density at radius 2 is 1.68 bits per heavy atom. The number of rotatable bonds is 8. The number of aromatic nitrogens is 1. The van der Waals surface area contributed by atoms with Gasteiger partial charge in [0.25, 0.3) is 5.91 Å². The number of anilines is 3. The normalized spacial score (nSPS) is 10.1. The van der Waals surface area contributed by atoms with Gasteiger partial charge in [0.2, 0.25) is 0 Å². The van der Waals surface area contributed by atoms with E-state index in [1.54, 1.807) is 38.6 Å². The molecule has 1 heterocycles. The number of ether oxygens (including phenoxy) is 3. The first kappa shape index (κ1) is 19.0. The Morgan fingerprint density at radius 1 is 0.929 bits per heavy atom. The largest absolute Gasteiger partial charge is 0.493 e. The minimum atomic E-state index is -0.281. The second-order valence-electron chi connectivity index (χ2n) is 5.78. The summed E-state index contributed by atoms with van der Waals surface area (Å²) in [6.45, 7) is -0.0860. The molecule has 1 aromatic heterocycles. The zero-order chi connectivity index (χ0) is 19.8. The van der Waals surface area contributed by atoms with Crippen molar-refractivity contribution in [2.24, 2.45) is 0 Å². The molecule has 2 aromatic carbocycles. The maximum absolute atomic E-state index is 12.0. The third-order valence-electron chi connectivity index (χ3n) is 3.82. The van der Waals surface area contributed by atoms with Crippen molar-refractivity contribution >= 4 is 23.1 Å². The van der Waals surface area contributed by atoms with Crippen LogP contribution in [0.3, 0.4) is 0 Å². The molecule has 3 rings (SSSR count). The van der Waals surface area contributed by atoms with E-state index in [9.17, 15) is 4.79 Å². The Kier molecular flexibility index (Phi) is 6.30. The molecule has 28 heavy (non-hydrogen) atoms. The molecule has 0 aliphatic carbocycles. The fourth-order valence-electron chi connectivity index (χ4n) is 2.47. The highest BCUT2D eigenvalue weighted by atomic mass is 16.5. The van der Waals surface area contributed by atoms with E-state index >= 15 is 0 Å². The summed E-state index contributed by atoms with van der Waals surface area (Å²) in [7, 11) is 3.18. The lowest BCUT2D eigenvalue weighted by Crippen LogP contribution is -2.20. The average molecular weight is 379 g/mol. The number of amides is 1. The lowest BCUT2D eigenvalue weighted by atomic mass is 10.2. The molecule has 0 radical (unpaired) electrons. The van der Waals surface area contributed by atoms with Crippen LogP contribution < -0.4 is 24.8 Å². The zero-order valence-electron chi connectivity index (χ0n) is 15.6. The van der Waals surface area contributed by atoms with Crippen LogP contribution in [0.15, 0.2) is 66.9 Å². The molecule has 0 aliphatic heterocycles. The van der Waals surface area contributed by atoms with Gasteiger partial charge in [-0.15, -0.1) is 0 Å². The smallest absolute Gasteiger partial charge is 0.263 e. The summed E-state index contributed by atoms with van der Waals surface area (Å²) in [5, 5.41) is 5.92. The highest BCUT2D eigenvalue weighted by molar-refractivity contribution is 5.91. The monoisotopic (exact) mass is 379 g/mol. The predicted octanol–water partition coefficient (Wildman–Crippen LogP) is 3.86. The van der Waals surface area contributed by atoms with Gasteiger partial charge in [-0.1, -0.05) is 18.2 Å². The summed E-state index contributed by atoms with van der Waals surface area (Å²) in [6, 6.07) is 18.2. The van der Waals surface area contributed by atoms with E-state index in [1.807, 2.05) is 42.5 Å². The minimum absolute atomic E-state index is 0.0860. The molecule has 0 spiro atoms. The van der Waals surface area contributed by atoms with E-state index in [1.165, 1.54) is 0 Å². The molecule has 3 aromatic rings. The van der Waals surface area contributed by atoms with Crippen molar-refractivity contribution in [3.05, 3.63) is 66.9 Å². The van der Waals surface area contributed by atoms with Crippen molar-refractivity contribution in [2.45, 2.75) is 0 Å². The highest BCUT2D eigenvalue weighted by Crippen LogP contribution is 2.31. The Balaban J connectivity index is 1.55. The lowest BCUT2D eigenvalue weighted by molar-refractivity contribution is -0.118. The van der Waals surface area contributed by atoms with Gasteiger partial charge in [-0.25, -0.2) is 4.98 Å². The maximum Gasteiger partial charge on any atom is 0.263 e. The molecule has 7 nitrogen and oxygen atoms in total. The molecule has 7 heteroatoms. The number of para-hydroxylation sites is 1. The van der Waals surface area contributed by atoms with E-state index in [4.69, 9.17) is 14.2 Å². The third kappa shape index (κ3) is 5.14. The number of nitrogens with one attached hydrogen (secondary N) is 2. The summed E-state index contributed by atoms with van der Waals surface area (Å²) in [4.78, 5) is 16.2. The summed E-state index contributed by atoms with van der Waals surface area (Å²) in [5.41, 5.74) is 1.60. The number of hydrogen-bond acceptors (Lipinski definition) is 6. The summed E-state index contributed by atoms with van der Waals surface area (Å²) in [6.07, 6.45) is 1.63. The molecular formula is C21H21N3O4. The Hall–Kier alpha value is -3.74. The first-order chi connectivity index (χ1) is 13.7. The van der Waals surface area contributed by atoms with Crippen LogP contribution in [-0.4, -0.2) is 31.7 Å². The highest BCUT2D eigenvalue weighted by Gasteiger charge is 2.07. The van der Waals surface area contributed by atoms with E-state index in [0.717, 1.165) is 11.4 Å². The summed E-state index contributed by atoms with van der Waals surface area (Å²) < 4.78 is 15.9. The molecule has 144 valence electrons. The van der Waals surface area contributed by atoms with Crippen LogP contribution in [0.25, 0.3) is 0 Å². The van der Waals surface area contributed by atoms with Crippen molar-refractivity contribution in [3.8, 4) is 17.2 Å². The van der Waals surface area contributed by atoms with Crippen LogP contribution in [0.5, 0.6) is 17.2 Å². The molecule has 0 fully saturated rings. The minimum Gasteiger partial charge on any atom is -0.493 e. The van der Waals surface area contributed by atoms with Crippen LogP contribution >= 0.6 is 0 Å². The fourth-order valence-corrected chi connectivity index (χ4v) is 2.47. The fraction of sp³-hybridized carbons (Fsp3) is 0.143. The van der Waals surface area contributed by atoms with Gasteiger partial charge >= 0.3 is 0 Å². The van der Waals surface area contributed by atoms with Crippen molar-refractivity contribution < 1.29 is 19.0 Å². The van der Waals surface area contributed by atoms with Crippen LogP contribution in [-0.2, 0) is 4.79 Å². The molecule has 2 N–H and O–H groups in total. The van der Waals surface area contributed by atoms with Gasteiger partial charge in [-0.3, -0.25) is 4.79 Å². The predicted molar refractivity (Wildman–Crippen MR) is 108 cm³/mol. The number of benzene rings is 2. The van der Waals surface area contributed by atoms with E-state index in [-0.39, 0.29) is 12.5 Å². The van der Waals surface area contributed by atoms with Gasteiger partial charge in [0.05, 0.1) is 26.1 Å². The Labute approximate surface area is 163 Å². The quantitative estimate of drug-likeness (QED) is 0.619. The van der Waals surface area contributed by atoms with Gasteiger partial charge in [0.1, 0.15) is 11.6 Å². The van der Waals surface area contributed by atoms with Gasteiger partial charge in [0.15, 0.2) is 18.1 Å².